The second-order valence-electron chi connectivity index (χ2n) is 8.64. The number of H-pyrrole nitrogens is 2. The number of aromatic amines is 2. The number of para-hydroxylation sites is 1. The van der Waals surface area contributed by atoms with Gasteiger partial charge in [0.15, 0.2) is 11.6 Å². The molecule has 0 aliphatic rings. The number of hydrogen-bond acceptors (Lipinski definition) is 7. The first kappa shape index (κ1) is 24.1. The smallest absolute Gasteiger partial charge is 0.272 e. The van der Waals surface area contributed by atoms with E-state index < -0.39 is 5.91 Å². The summed E-state index contributed by atoms with van der Waals surface area (Å²) in [5.41, 5.74) is 3.90. The second-order valence-corrected chi connectivity index (χ2v) is 9.08. The van der Waals surface area contributed by atoms with Crippen LogP contribution < -0.4 is 10.6 Å². The largest absolute Gasteiger partial charge is 0.355 e. The molecule has 0 radical (unpaired) electrons. The standard InChI is InChI=1S/C27H19ClN8O3/c1-14-22(24(39-34-14)15-6-3-2-4-7-15)27(38)31-20-9-5-8-16-12-21(29-23(16)20)26(37)30-19-11-10-17(28)13-18(19)25-32-35-36-33-25/h2-13,29H,1H3,(H,30,37)(H,31,38)(H,32,33,35,36). The van der Waals surface area contributed by atoms with Crippen LogP contribution in [0.1, 0.15) is 26.5 Å². The number of amides is 2. The molecule has 3 heterocycles. The second kappa shape index (κ2) is 9.88. The number of hydrogen-bond donors (Lipinski definition) is 4. The summed E-state index contributed by atoms with van der Waals surface area (Å²) in [5, 5.41) is 24.7. The van der Waals surface area contributed by atoms with Gasteiger partial charge in [0, 0.05) is 21.5 Å². The molecular weight excluding hydrogens is 520 g/mol. The number of rotatable bonds is 6. The van der Waals surface area contributed by atoms with Crippen molar-refractivity contribution in [2.75, 3.05) is 10.6 Å². The molecule has 2 amide bonds. The van der Waals surface area contributed by atoms with Crippen LogP contribution in [-0.2, 0) is 0 Å². The number of halogens is 1. The van der Waals surface area contributed by atoms with Crippen LogP contribution in [0.4, 0.5) is 11.4 Å². The van der Waals surface area contributed by atoms with Crippen LogP contribution >= 0.6 is 11.6 Å². The van der Waals surface area contributed by atoms with Crippen LogP contribution in [0.5, 0.6) is 0 Å². The molecule has 12 heteroatoms. The molecule has 0 fully saturated rings. The Bertz CT molecular complexity index is 1830. The van der Waals surface area contributed by atoms with Gasteiger partial charge in [-0.25, -0.2) is 5.10 Å². The Kier molecular flexibility index (Phi) is 6.10. The third kappa shape index (κ3) is 4.62. The quantitative estimate of drug-likeness (QED) is 0.219. The highest BCUT2D eigenvalue weighted by atomic mass is 35.5. The average Bonchev–Trinajstić information content (AvgIpc) is 3.70. The Hall–Kier alpha value is -5.29. The molecule has 3 aromatic carbocycles. The Morgan fingerprint density at radius 3 is 2.54 bits per heavy atom. The Balaban J connectivity index is 1.29. The van der Waals surface area contributed by atoms with E-state index in [0.29, 0.717) is 50.3 Å². The van der Waals surface area contributed by atoms with E-state index in [9.17, 15) is 9.59 Å². The summed E-state index contributed by atoms with van der Waals surface area (Å²) in [5.74, 6) is -0.0497. The fourth-order valence-electron chi connectivity index (χ4n) is 4.28. The van der Waals surface area contributed by atoms with Crippen LogP contribution in [0.25, 0.3) is 33.6 Å². The molecule has 3 aromatic heterocycles. The summed E-state index contributed by atoms with van der Waals surface area (Å²) in [7, 11) is 0. The van der Waals surface area contributed by atoms with Gasteiger partial charge in [-0.15, -0.1) is 5.10 Å². The molecule has 0 bridgehead atoms. The van der Waals surface area contributed by atoms with Crippen molar-refractivity contribution in [1.82, 2.24) is 30.8 Å². The molecule has 6 aromatic rings. The minimum absolute atomic E-state index is 0.287. The van der Waals surface area contributed by atoms with Gasteiger partial charge in [-0.3, -0.25) is 9.59 Å². The van der Waals surface area contributed by atoms with Crippen LogP contribution in [0.2, 0.25) is 5.02 Å². The van der Waals surface area contributed by atoms with E-state index in [-0.39, 0.29) is 11.6 Å². The monoisotopic (exact) mass is 538 g/mol. The van der Waals surface area contributed by atoms with Gasteiger partial charge in [0.25, 0.3) is 11.8 Å². The first-order chi connectivity index (χ1) is 19.0. The zero-order valence-corrected chi connectivity index (χ0v) is 21.1. The lowest BCUT2D eigenvalue weighted by atomic mass is 10.1. The fourth-order valence-corrected chi connectivity index (χ4v) is 4.45. The Morgan fingerprint density at radius 2 is 1.74 bits per heavy atom. The van der Waals surface area contributed by atoms with Gasteiger partial charge in [-0.2, -0.15) is 0 Å². The zero-order valence-electron chi connectivity index (χ0n) is 20.3. The molecule has 0 aliphatic heterocycles. The molecule has 192 valence electrons. The highest BCUT2D eigenvalue weighted by Gasteiger charge is 2.23. The number of aromatic nitrogens is 6. The highest BCUT2D eigenvalue weighted by Crippen LogP contribution is 2.31. The van der Waals surface area contributed by atoms with Gasteiger partial charge in [0.05, 0.1) is 22.6 Å². The van der Waals surface area contributed by atoms with E-state index in [0.717, 1.165) is 10.9 Å². The maximum absolute atomic E-state index is 13.4. The van der Waals surface area contributed by atoms with E-state index in [1.165, 1.54) is 0 Å². The summed E-state index contributed by atoms with van der Waals surface area (Å²) in [6.07, 6.45) is 0. The van der Waals surface area contributed by atoms with E-state index >= 15 is 0 Å². The number of nitrogens with zero attached hydrogens (tertiary/aromatic N) is 4. The van der Waals surface area contributed by atoms with Crippen LogP contribution in [0.15, 0.2) is 77.3 Å². The first-order valence-corrected chi connectivity index (χ1v) is 12.2. The maximum Gasteiger partial charge on any atom is 0.272 e. The maximum atomic E-state index is 13.4. The van der Waals surface area contributed by atoms with E-state index in [2.05, 4.69) is 41.4 Å². The topological polar surface area (TPSA) is 154 Å². The van der Waals surface area contributed by atoms with Crippen molar-refractivity contribution in [2.45, 2.75) is 6.92 Å². The molecule has 0 aliphatic carbocycles. The number of anilines is 2. The molecule has 11 nitrogen and oxygen atoms in total. The van der Waals surface area contributed by atoms with Crippen molar-refractivity contribution in [2.24, 2.45) is 0 Å². The minimum atomic E-state index is -0.402. The highest BCUT2D eigenvalue weighted by molar-refractivity contribution is 6.31. The van der Waals surface area contributed by atoms with Crippen LogP contribution in [-0.4, -0.2) is 42.6 Å². The van der Waals surface area contributed by atoms with Crippen LogP contribution in [0.3, 0.4) is 0 Å². The fraction of sp³-hybridized carbons (Fsp3) is 0.0370. The Morgan fingerprint density at radius 1 is 0.923 bits per heavy atom. The number of carbonyl (C=O) groups excluding carboxylic acids is 2. The first-order valence-electron chi connectivity index (χ1n) is 11.8. The number of benzene rings is 3. The lowest BCUT2D eigenvalue weighted by Crippen LogP contribution is -2.14. The molecule has 0 spiro atoms. The summed E-state index contributed by atoms with van der Waals surface area (Å²) in [6.45, 7) is 1.71. The van der Waals surface area contributed by atoms with Crippen molar-refractivity contribution in [1.29, 1.82) is 0 Å². The van der Waals surface area contributed by atoms with Gasteiger partial charge in [0.1, 0.15) is 11.3 Å². The average molecular weight is 539 g/mol. The number of nitrogens with one attached hydrogen (secondary N) is 4. The SMILES string of the molecule is Cc1noc(-c2ccccc2)c1C(=O)Nc1cccc2cc(C(=O)Nc3ccc(Cl)cc3-c3nnn[nH]3)[nH]c12. The van der Waals surface area contributed by atoms with Crippen molar-refractivity contribution in [3.05, 3.63) is 94.8 Å². The number of carbonyl (C=O) groups is 2. The van der Waals surface area contributed by atoms with E-state index in [1.54, 1.807) is 43.3 Å². The molecule has 39 heavy (non-hydrogen) atoms. The van der Waals surface area contributed by atoms with Gasteiger partial charge in [0.2, 0.25) is 0 Å². The predicted molar refractivity (Wildman–Crippen MR) is 146 cm³/mol. The summed E-state index contributed by atoms with van der Waals surface area (Å²) < 4.78 is 5.47. The van der Waals surface area contributed by atoms with Crippen molar-refractivity contribution < 1.29 is 14.1 Å². The molecular formula is C27H19ClN8O3. The summed E-state index contributed by atoms with van der Waals surface area (Å²) >= 11 is 6.15. The zero-order chi connectivity index (χ0) is 26.9. The molecule has 6 rings (SSSR count). The van der Waals surface area contributed by atoms with Gasteiger partial charge in [-0.05, 0) is 47.7 Å². The van der Waals surface area contributed by atoms with Crippen LogP contribution in [0, 0.1) is 6.92 Å². The van der Waals surface area contributed by atoms with Crippen molar-refractivity contribution >= 4 is 45.7 Å². The summed E-state index contributed by atoms with van der Waals surface area (Å²) in [4.78, 5) is 29.7. The van der Waals surface area contributed by atoms with Gasteiger partial charge < -0.3 is 20.1 Å². The predicted octanol–water partition coefficient (Wildman–Crippen LogP) is 5.47. The number of fused-ring (bicyclic) bond motifs is 1. The molecule has 0 saturated heterocycles. The lowest BCUT2D eigenvalue weighted by Gasteiger charge is -2.09. The van der Waals surface area contributed by atoms with Gasteiger partial charge in [-0.1, -0.05) is 59.2 Å². The third-order valence-corrected chi connectivity index (χ3v) is 6.34. The van der Waals surface area contributed by atoms with Gasteiger partial charge >= 0.3 is 0 Å². The lowest BCUT2D eigenvalue weighted by molar-refractivity contribution is 0.101. The Labute approximate surface area is 225 Å². The molecule has 0 atom stereocenters. The molecule has 4 N–H and O–H groups in total. The third-order valence-electron chi connectivity index (χ3n) is 6.11. The number of aryl methyl sites for hydroxylation is 1. The molecule has 0 saturated carbocycles. The normalized spacial score (nSPS) is 11.0. The van der Waals surface area contributed by atoms with Crippen molar-refractivity contribution in [3.63, 3.8) is 0 Å². The minimum Gasteiger partial charge on any atom is -0.355 e. The van der Waals surface area contributed by atoms with E-state index in [4.69, 9.17) is 16.1 Å². The van der Waals surface area contributed by atoms with E-state index in [1.807, 2.05) is 36.4 Å². The van der Waals surface area contributed by atoms with Crippen molar-refractivity contribution in [3.8, 4) is 22.7 Å². The molecule has 0 unspecified atom stereocenters. The number of tetrazole rings is 1. The summed E-state index contributed by atoms with van der Waals surface area (Å²) in [6, 6.07) is 21.3.